The number of H-pyrrole nitrogens is 1. The highest BCUT2D eigenvalue weighted by Crippen LogP contribution is 2.63. The number of nitrogens with one attached hydrogen (secondary N) is 1. The van der Waals surface area contributed by atoms with E-state index in [0.717, 1.165) is 29.0 Å². The van der Waals surface area contributed by atoms with Crippen molar-refractivity contribution >= 4 is 62.4 Å². The normalized spacial score (nSPS) is 23.2. The van der Waals surface area contributed by atoms with Crippen LogP contribution in [0.15, 0.2) is 28.5 Å². The molecule has 3 atom stereocenters. The summed E-state index contributed by atoms with van der Waals surface area (Å²) >= 11 is 14.4. The molecule has 2 aliphatic rings. The van der Waals surface area contributed by atoms with Crippen LogP contribution in [0.5, 0.6) is 0 Å². The number of hydrogen-bond acceptors (Lipinski definition) is 8. The first-order valence-electron chi connectivity index (χ1n) is 11.5. The van der Waals surface area contributed by atoms with Crippen molar-refractivity contribution in [3.63, 3.8) is 0 Å². The van der Waals surface area contributed by atoms with Gasteiger partial charge in [0.25, 0.3) is 5.56 Å². The van der Waals surface area contributed by atoms with Crippen molar-refractivity contribution in [2.75, 3.05) is 24.5 Å². The average molecular weight is 542 g/mol. The third-order valence-corrected chi connectivity index (χ3v) is 9.57. The third-order valence-electron chi connectivity index (χ3n) is 7.80. The Balaban J connectivity index is 1.26. The summed E-state index contributed by atoms with van der Waals surface area (Å²) in [5.41, 5.74) is 8.25. The number of thiazole rings is 1. The molecular weight excluding hydrogens is 521 g/mol. The zero-order valence-electron chi connectivity index (χ0n) is 19.4. The van der Waals surface area contributed by atoms with E-state index < -0.39 is 0 Å². The van der Waals surface area contributed by atoms with Crippen LogP contribution in [0.25, 0.3) is 33.2 Å². The Hall–Kier alpha value is -2.99. The number of benzene rings is 1. The number of nitrogens with zero attached hydrogens (tertiary/aromatic N) is 7. The predicted molar refractivity (Wildman–Crippen MR) is 141 cm³/mol. The lowest BCUT2D eigenvalue weighted by molar-refractivity contribution is 0.543. The number of aromatic amines is 1. The molecule has 1 unspecified atom stereocenters. The molecule has 7 rings (SSSR count). The van der Waals surface area contributed by atoms with E-state index in [1.807, 2.05) is 30.8 Å². The van der Waals surface area contributed by atoms with E-state index in [-0.39, 0.29) is 11.0 Å². The summed E-state index contributed by atoms with van der Waals surface area (Å²) in [6.07, 6.45) is 1.85. The molecule has 3 N–H and O–H groups in total. The molecule has 0 amide bonds. The van der Waals surface area contributed by atoms with E-state index in [1.54, 1.807) is 27.6 Å². The van der Waals surface area contributed by atoms with E-state index in [9.17, 15) is 4.79 Å². The van der Waals surface area contributed by atoms with Gasteiger partial charge in [-0.1, -0.05) is 23.2 Å². The molecule has 0 radical (unpaired) electrons. The first kappa shape index (κ1) is 22.2. The number of rotatable bonds is 4. The molecule has 1 aromatic carbocycles. The fourth-order valence-corrected chi connectivity index (χ4v) is 7.55. The van der Waals surface area contributed by atoms with Crippen molar-refractivity contribution < 1.29 is 0 Å². The minimum atomic E-state index is -0.182. The van der Waals surface area contributed by atoms with Gasteiger partial charge in [-0.25, -0.2) is 4.98 Å². The summed E-state index contributed by atoms with van der Waals surface area (Å²) < 4.78 is 3.30. The number of aromatic nitrogens is 7. The first-order chi connectivity index (χ1) is 17.3. The maximum atomic E-state index is 13.6. The van der Waals surface area contributed by atoms with Crippen LogP contribution in [-0.4, -0.2) is 54.1 Å². The van der Waals surface area contributed by atoms with Crippen LogP contribution in [0, 0.1) is 11.8 Å². The first-order valence-corrected chi connectivity index (χ1v) is 13.1. The van der Waals surface area contributed by atoms with Crippen molar-refractivity contribution in [3.05, 3.63) is 49.2 Å². The van der Waals surface area contributed by atoms with Crippen LogP contribution in [0.3, 0.4) is 0 Å². The molecule has 1 aliphatic heterocycles. The second-order valence-corrected chi connectivity index (χ2v) is 11.2. The average Bonchev–Trinajstić information content (AvgIpc) is 3.46. The number of nitrogens with two attached hydrogens (primary N) is 1. The van der Waals surface area contributed by atoms with E-state index >= 15 is 0 Å². The van der Waals surface area contributed by atoms with Crippen molar-refractivity contribution in [2.24, 2.45) is 31.7 Å². The standard InChI is InChI=1S/C23H21Cl2N9OS/c1-32-5-11-14(31-32)4-3-10(17(11)25)18-16-19(30-29-18)28-22(33(2)20(16)35)34-6-12-13(7-34)23(12,9-26)21-27-15(24)8-36-21/h3-5,8,12-13H,6-7,9,26H2,1-2H3,(H,29,30)/t12-,13+,23?. The van der Waals surface area contributed by atoms with E-state index in [1.165, 1.54) is 0 Å². The van der Waals surface area contributed by atoms with Crippen LogP contribution < -0.4 is 16.2 Å². The number of halogens is 2. The lowest BCUT2D eigenvalue weighted by atomic mass is 10.0. The summed E-state index contributed by atoms with van der Waals surface area (Å²) in [5.74, 6) is 1.30. The molecule has 1 aliphatic carbocycles. The van der Waals surface area contributed by atoms with Crippen LogP contribution in [0.1, 0.15) is 5.01 Å². The molecule has 0 spiro atoms. The summed E-state index contributed by atoms with van der Waals surface area (Å²) in [6, 6.07) is 3.71. The zero-order chi connectivity index (χ0) is 24.9. The van der Waals surface area contributed by atoms with Gasteiger partial charge >= 0.3 is 0 Å². The third kappa shape index (κ3) is 2.85. The van der Waals surface area contributed by atoms with Crippen molar-refractivity contribution in [3.8, 4) is 11.3 Å². The Morgan fingerprint density at radius 1 is 1.22 bits per heavy atom. The number of piperidine rings is 1. The molecule has 10 nitrogen and oxygen atoms in total. The number of aryl methyl sites for hydroxylation is 1. The largest absolute Gasteiger partial charge is 0.341 e. The SMILES string of the molecule is Cn1cc2c(Cl)c(-c3n[nH]c4nc(N5C[C@@H]6[C@H](C5)C6(CN)c5nc(Cl)cs5)n(C)c(=O)c34)ccc2n1. The van der Waals surface area contributed by atoms with Gasteiger partial charge in [0.1, 0.15) is 21.2 Å². The molecule has 184 valence electrons. The van der Waals surface area contributed by atoms with Gasteiger partial charge in [0, 0.05) is 61.7 Å². The highest BCUT2D eigenvalue weighted by Gasteiger charge is 2.70. The Labute approximate surface area is 218 Å². The summed E-state index contributed by atoms with van der Waals surface area (Å²) in [5, 5.41) is 16.9. The van der Waals surface area contributed by atoms with Crippen LogP contribution in [0.2, 0.25) is 10.2 Å². The smallest absolute Gasteiger partial charge is 0.266 e. The summed E-state index contributed by atoms with van der Waals surface area (Å²) in [4.78, 5) is 25.0. The molecular formula is C23H21Cl2N9OS. The predicted octanol–water partition coefficient (Wildman–Crippen LogP) is 2.94. The second kappa shape index (κ2) is 7.51. The Bertz CT molecular complexity index is 1740. The van der Waals surface area contributed by atoms with E-state index in [4.69, 9.17) is 33.9 Å². The fourth-order valence-electron chi connectivity index (χ4n) is 5.96. The van der Waals surface area contributed by atoms with Gasteiger partial charge < -0.3 is 10.6 Å². The van der Waals surface area contributed by atoms with Crippen LogP contribution in [0.4, 0.5) is 5.95 Å². The minimum Gasteiger partial charge on any atom is -0.341 e. The van der Waals surface area contributed by atoms with Gasteiger partial charge in [-0.15, -0.1) is 11.3 Å². The highest BCUT2D eigenvalue weighted by molar-refractivity contribution is 7.10. The van der Waals surface area contributed by atoms with E-state index in [2.05, 4.69) is 25.2 Å². The number of hydrogen-bond donors (Lipinski definition) is 2. The molecule has 2 fully saturated rings. The lowest BCUT2D eigenvalue weighted by Crippen LogP contribution is -2.37. The Kier molecular flexibility index (Phi) is 4.64. The Morgan fingerprint density at radius 3 is 2.69 bits per heavy atom. The molecule has 1 saturated heterocycles. The molecule has 5 heterocycles. The Morgan fingerprint density at radius 2 is 2.00 bits per heavy atom. The van der Waals surface area contributed by atoms with Crippen LogP contribution in [-0.2, 0) is 19.5 Å². The van der Waals surface area contributed by atoms with Crippen LogP contribution >= 0.6 is 34.5 Å². The lowest BCUT2D eigenvalue weighted by Gasteiger charge is -2.26. The highest BCUT2D eigenvalue weighted by atomic mass is 35.5. The molecule has 13 heteroatoms. The van der Waals surface area contributed by atoms with Gasteiger partial charge in [0.2, 0.25) is 5.95 Å². The topological polar surface area (TPSA) is 124 Å². The molecule has 4 aromatic heterocycles. The minimum absolute atomic E-state index is 0.139. The van der Waals surface area contributed by atoms with Crippen molar-refractivity contribution in [1.82, 2.24) is 34.5 Å². The fraction of sp³-hybridized carbons (Fsp3) is 0.348. The van der Waals surface area contributed by atoms with Gasteiger partial charge in [-0.3, -0.25) is 19.1 Å². The molecule has 36 heavy (non-hydrogen) atoms. The number of anilines is 1. The summed E-state index contributed by atoms with van der Waals surface area (Å²) in [6.45, 7) is 2.02. The maximum absolute atomic E-state index is 13.6. The molecule has 0 bridgehead atoms. The zero-order valence-corrected chi connectivity index (χ0v) is 21.7. The van der Waals surface area contributed by atoms with Gasteiger partial charge in [-0.2, -0.15) is 15.2 Å². The molecule has 5 aromatic rings. The maximum Gasteiger partial charge on any atom is 0.266 e. The van der Waals surface area contributed by atoms with Crippen molar-refractivity contribution in [1.29, 1.82) is 0 Å². The number of fused-ring (bicyclic) bond motifs is 3. The monoisotopic (exact) mass is 541 g/mol. The van der Waals surface area contributed by atoms with Gasteiger partial charge in [0.15, 0.2) is 5.65 Å². The second-order valence-electron chi connectivity index (χ2n) is 9.57. The van der Waals surface area contributed by atoms with Gasteiger partial charge in [0.05, 0.1) is 10.5 Å². The van der Waals surface area contributed by atoms with E-state index in [0.29, 0.717) is 56.8 Å². The quantitative estimate of drug-likeness (QED) is 0.358. The van der Waals surface area contributed by atoms with Gasteiger partial charge in [-0.05, 0) is 24.0 Å². The molecule has 1 saturated carbocycles. The summed E-state index contributed by atoms with van der Waals surface area (Å²) in [7, 11) is 3.58. The van der Waals surface area contributed by atoms with Crippen molar-refractivity contribution in [2.45, 2.75) is 5.41 Å².